The number of likely N-dealkylation sites (N-methyl/N-ethyl adjacent to an activating group) is 1. The van der Waals surface area contributed by atoms with Crippen LogP contribution in [-0.4, -0.2) is 35.1 Å². The minimum Gasteiger partial charge on any atom is -0.463 e. The van der Waals surface area contributed by atoms with Gasteiger partial charge in [-0.2, -0.15) is 0 Å². The van der Waals surface area contributed by atoms with Gasteiger partial charge in [-0.25, -0.2) is 0 Å². The average molecular weight is 459 g/mol. The van der Waals surface area contributed by atoms with E-state index in [1.807, 2.05) is 44.2 Å². The standard InChI is InChI=1S/C25H28Cl2N2O2/c1-16(2)31-25(30)12-18(17-4-6-19(26)7-5-17)14-29-23-9-8-20(27)13-21(23)22-15-28(3)11-10-24(22)29/h4-9,13,16,18H,10-12,14-15H2,1-3H3. The Hall–Kier alpha value is -2.01. The Labute approximate surface area is 193 Å². The molecule has 0 spiro atoms. The van der Waals surface area contributed by atoms with Gasteiger partial charge in [0.05, 0.1) is 12.5 Å². The number of aromatic nitrogens is 1. The second-order valence-electron chi connectivity index (χ2n) is 8.68. The average Bonchev–Trinajstić information content (AvgIpc) is 2.99. The molecule has 31 heavy (non-hydrogen) atoms. The Morgan fingerprint density at radius 2 is 1.81 bits per heavy atom. The lowest BCUT2D eigenvalue weighted by Gasteiger charge is -2.26. The summed E-state index contributed by atoms with van der Waals surface area (Å²) >= 11 is 12.5. The van der Waals surface area contributed by atoms with Crippen LogP contribution in [0, 0.1) is 0 Å². The van der Waals surface area contributed by atoms with Crippen LogP contribution >= 0.6 is 23.2 Å². The molecule has 0 amide bonds. The lowest BCUT2D eigenvalue weighted by atomic mass is 9.95. The van der Waals surface area contributed by atoms with Gasteiger partial charge in [-0.3, -0.25) is 4.79 Å². The summed E-state index contributed by atoms with van der Waals surface area (Å²) in [6.45, 7) is 6.38. The third-order valence-corrected chi connectivity index (χ3v) is 6.42. The number of carbonyl (C=O) groups excluding carboxylic acids is 1. The molecule has 1 aliphatic rings. The molecule has 2 aromatic carbocycles. The predicted octanol–water partition coefficient (Wildman–Crippen LogP) is 6.06. The largest absolute Gasteiger partial charge is 0.463 e. The molecule has 0 N–H and O–H groups in total. The summed E-state index contributed by atoms with van der Waals surface area (Å²) in [6.07, 6.45) is 1.17. The molecule has 4 nitrogen and oxygen atoms in total. The van der Waals surface area contributed by atoms with E-state index in [1.165, 1.54) is 22.2 Å². The number of rotatable bonds is 6. The molecule has 0 saturated carbocycles. The van der Waals surface area contributed by atoms with Crippen LogP contribution in [0.2, 0.25) is 10.0 Å². The lowest BCUT2D eigenvalue weighted by Crippen LogP contribution is -2.28. The first-order valence-corrected chi connectivity index (χ1v) is 11.5. The molecule has 6 heteroatoms. The third kappa shape index (κ3) is 4.92. The van der Waals surface area contributed by atoms with E-state index in [2.05, 4.69) is 28.6 Å². The van der Waals surface area contributed by atoms with Crippen molar-refractivity contribution >= 4 is 40.1 Å². The number of hydrogen-bond acceptors (Lipinski definition) is 3. The highest BCUT2D eigenvalue weighted by atomic mass is 35.5. The Morgan fingerprint density at radius 1 is 1.10 bits per heavy atom. The van der Waals surface area contributed by atoms with Crippen LogP contribution in [0.5, 0.6) is 0 Å². The molecular formula is C25H28Cl2N2O2. The molecule has 1 unspecified atom stereocenters. The fourth-order valence-electron chi connectivity index (χ4n) is 4.52. The van der Waals surface area contributed by atoms with E-state index in [0.29, 0.717) is 18.0 Å². The maximum Gasteiger partial charge on any atom is 0.306 e. The van der Waals surface area contributed by atoms with Crippen molar-refractivity contribution in [2.24, 2.45) is 0 Å². The van der Waals surface area contributed by atoms with E-state index in [4.69, 9.17) is 27.9 Å². The minimum atomic E-state index is -0.178. The van der Waals surface area contributed by atoms with E-state index in [1.54, 1.807) is 0 Å². The van der Waals surface area contributed by atoms with Crippen LogP contribution in [0.4, 0.5) is 0 Å². The minimum absolute atomic E-state index is 0.0152. The maximum absolute atomic E-state index is 12.6. The highest BCUT2D eigenvalue weighted by Crippen LogP contribution is 2.35. The molecule has 1 aromatic heterocycles. The fraction of sp³-hybridized carbons (Fsp3) is 0.400. The van der Waals surface area contributed by atoms with Crippen molar-refractivity contribution in [3.8, 4) is 0 Å². The molecular weight excluding hydrogens is 431 g/mol. The monoisotopic (exact) mass is 458 g/mol. The van der Waals surface area contributed by atoms with Gasteiger partial charge in [-0.1, -0.05) is 35.3 Å². The van der Waals surface area contributed by atoms with Crippen molar-refractivity contribution in [2.45, 2.75) is 51.8 Å². The van der Waals surface area contributed by atoms with Gasteiger partial charge >= 0.3 is 5.97 Å². The van der Waals surface area contributed by atoms with Crippen LogP contribution in [0.15, 0.2) is 42.5 Å². The number of ether oxygens (including phenoxy) is 1. The second kappa shape index (κ2) is 9.23. The lowest BCUT2D eigenvalue weighted by molar-refractivity contribution is -0.147. The number of hydrogen-bond donors (Lipinski definition) is 0. The fourth-order valence-corrected chi connectivity index (χ4v) is 4.82. The molecule has 0 saturated heterocycles. The maximum atomic E-state index is 12.6. The Morgan fingerprint density at radius 3 is 2.52 bits per heavy atom. The summed E-state index contributed by atoms with van der Waals surface area (Å²) in [5.74, 6) is -0.193. The molecule has 0 radical (unpaired) electrons. The number of benzene rings is 2. The Kier molecular flexibility index (Phi) is 6.61. The highest BCUT2D eigenvalue weighted by molar-refractivity contribution is 6.31. The highest BCUT2D eigenvalue weighted by Gasteiger charge is 2.26. The molecule has 3 aromatic rings. The number of nitrogens with zero attached hydrogens (tertiary/aromatic N) is 2. The van der Waals surface area contributed by atoms with Gasteiger partial charge in [0.2, 0.25) is 0 Å². The molecule has 164 valence electrons. The molecule has 2 heterocycles. The van der Waals surface area contributed by atoms with Crippen molar-refractivity contribution in [2.75, 3.05) is 13.6 Å². The van der Waals surface area contributed by atoms with Gasteiger partial charge < -0.3 is 14.2 Å². The zero-order valence-electron chi connectivity index (χ0n) is 18.2. The summed E-state index contributed by atoms with van der Waals surface area (Å²) in [4.78, 5) is 14.9. The van der Waals surface area contributed by atoms with Gasteiger partial charge in [-0.05, 0) is 62.4 Å². The number of esters is 1. The smallest absolute Gasteiger partial charge is 0.306 e. The number of halogens is 2. The van der Waals surface area contributed by atoms with Gasteiger partial charge in [0.25, 0.3) is 0 Å². The zero-order chi connectivity index (χ0) is 22.1. The predicted molar refractivity (Wildman–Crippen MR) is 127 cm³/mol. The van der Waals surface area contributed by atoms with E-state index < -0.39 is 0 Å². The quantitative estimate of drug-likeness (QED) is 0.420. The van der Waals surface area contributed by atoms with Crippen LogP contribution in [0.3, 0.4) is 0 Å². The van der Waals surface area contributed by atoms with Crippen molar-refractivity contribution in [1.29, 1.82) is 0 Å². The summed E-state index contributed by atoms with van der Waals surface area (Å²) in [6, 6.07) is 13.9. The van der Waals surface area contributed by atoms with Gasteiger partial charge in [-0.15, -0.1) is 0 Å². The summed E-state index contributed by atoms with van der Waals surface area (Å²) in [5.41, 5.74) is 4.93. The molecule has 4 rings (SSSR count). The first-order chi connectivity index (χ1) is 14.8. The van der Waals surface area contributed by atoms with E-state index >= 15 is 0 Å². The topological polar surface area (TPSA) is 34.5 Å². The number of carbonyl (C=O) groups is 1. The normalized spacial score (nSPS) is 15.3. The molecule has 1 aliphatic heterocycles. The van der Waals surface area contributed by atoms with E-state index in [-0.39, 0.29) is 18.0 Å². The zero-order valence-corrected chi connectivity index (χ0v) is 19.7. The summed E-state index contributed by atoms with van der Waals surface area (Å²) in [5, 5.41) is 2.64. The van der Waals surface area contributed by atoms with Crippen molar-refractivity contribution in [3.63, 3.8) is 0 Å². The first-order valence-electron chi connectivity index (χ1n) is 10.7. The Balaban J connectivity index is 1.75. The van der Waals surface area contributed by atoms with Gasteiger partial charge in [0.15, 0.2) is 0 Å². The van der Waals surface area contributed by atoms with Crippen molar-refractivity contribution < 1.29 is 9.53 Å². The number of fused-ring (bicyclic) bond motifs is 3. The summed E-state index contributed by atoms with van der Waals surface area (Å²) in [7, 11) is 2.15. The summed E-state index contributed by atoms with van der Waals surface area (Å²) < 4.78 is 7.86. The molecule has 0 bridgehead atoms. The van der Waals surface area contributed by atoms with E-state index in [9.17, 15) is 4.79 Å². The van der Waals surface area contributed by atoms with Crippen molar-refractivity contribution in [3.05, 3.63) is 69.3 Å². The van der Waals surface area contributed by atoms with Crippen LogP contribution < -0.4 is 0 Å². The third-order valence-electron chi connectivity index (χ3n) is 5.93. The van der Waals surface area contributed by atoms with Gasteiger partial charge in [0.1, 0.15) is 0 Å². The van der Waals surface area contributed by atoms with Crippen LogP contribution in [-0.2, 0) is 29.0 Å². The molecule has 1 atom stereocenters. The van der Waals surface area contributed by atoms with E-state index in [0.717, 1.165) is 30.1 Å². The molecule has 0 fully saturated rings. The van der Waals surface area contributed by atoms with Crippen LogP contribution in [0.1, 0.15) is 43.0 Å². The SMILES string of the molecule is CC(C)OC(=O)CC(Cn1c2c(c3cc(Cl)ccc31)CN(C)CC2)c1ccc(Cl)cc1. The Bertz CT molecular complexity index is 1090. The first kappa shape index (κ1) is 22.2. The second-order valence-corrected chi connectivity index (χ2v) is 9.55. The molecule has 0 aliphatic carbocycles. The van der Waals surface area contributed by atoms with Gasteiger partial charge in [0, 0.05) is 58.6 Å². The van der Waals surface area contributed by atoms with Crippen molar-refractivity contribution in [1.82, 2.24) is 9.47 Å². The van der Waals surface area contributed by atoms with Crippen LogP contribution in [0.25, 0.3) is 10.9 Å².